The molecule has 0 radical (unpaired) electrons. The maximum atomic E-state index is 12.2. The van der Waals surface area contributed by atoms with Crippen LogP contribution in [-0.4, -0.2) is 34.3 Å². The normalized spacial score (nSPS) is 17.0. The van der Waals surface area contributed by atoms with Crippen molar-refractivity contribution in [2.24, 2.45) is 5.92 Å². The Kier molecular flexibility index (Phi) is 5.15. The van der Waals surface area contributed by atoms with E-state index in [0.717, 1.165) is 12.8 Å². The summed E-state index contributed by atoms with van der Waals surface area (Å²) in [6.07, 6.45) is 1.65. The highest BCUT2D eigenvalue weighted by molar-refractivity contribution is 5.78. The number of amides is 2. The Morgan fingerprint density at radius 2 is 1.96 bits per heavy atom. The maximum absolute atomic E-state index is 12.2. The molecule has 0 aliphatic heterocycles. The van der Waals surface area contributed by atoms with Crippen LogP contribution in [0.4, 0.5) is 4.79 Å². The summed E-state index contributed by atoms with van der Waals surface area (Å²) in [5, 5.41) is 9.52. The van der Waals surface area contributed by atoms with Crippen molar-refractivity contribution >= 4 is 12.0 Å². The van der Waals surface area contributed by atoms with Crippen molar-refractivity contribution in [3.63, 3.8) is 0 Å². The van der Waals surface area contributed by atoms with E-state index in [1.165, 1.54) is 0 Å². The van der Waals surface area contributed by atoms with Gasteiger partial charge in [-0.1, -0.05) is 5.16 Å². The van der Waals surface area contributed by atoms with E-state index < -0.39 is 17.2 Å². The topological polar surface area (TPSA) is 106 Å². The van der Waals surface area contributed by atoms with Gasteiger partial charge in [-0.2, -0.15) is 4.98 Å². The smallest absolute Gasteiger partial charge is 0.407 e. The Morgan fingerprint density at radius 3 is 2.46 bits per heavy atom. The molecule has 0 aromatic carbocycles. The molecule has 1 saturated carbocycles. The molecule has 1 aliphatic carbocycles. The number of carbonyl (C=O) groups excluding carboxylic acids is 2. The summed E-state index contributed by atoms with van der Waals surface area (Å²) in [6, 6.07) is 0. The fourth-order valence-corrected chi connectivity index (χ4v) is 2.46. The molecule has 8 nitrogen and oxygen atoms in total. The predicted molar refractivity (Wildman–Crippen MR) is 86.1 cm³/mol. The van der Waals surface area contributed by atoms with Crippen LogP contribution in [0, 0.1) is 12.8 Å². The molecule has 134 valence electrons. The Bertz CT molecular complexity index is 603. The van der Waals surface area contributed by atoms with Crippen molar-refractivity contribution in [1.29, 1.82) is 0 Å². The molecule has 1 aliphatic rings. The second-order valence-corrected chi connectivity index (χ2v) is 7.34. The molecule has 1 aromatic rings. The van der Waals surface area contributed by atoms with Crippen molar-refractivity contribution < 1.29 is 18.8 Å². The number of hydrogen-bond acceptors (Lipinski definition) is 6. The molecule has 1 heterocycles. The van der Waals surface area contributed by atoms with Gasteiger partial charge in [0.15, 0.2) is 5.82 Å². The van der Waals surface area contributed by atoms with Gasteiger partial charge in [0, 0.05) is 19.9 Å². The van der Waals surface area contributed by atoms with Gasteiger partial charge in [0.1, 0.15) is 11.1 Å². The molecule has 0 saturated heterocycles. The number of aryl methyl sites for hydroxylation is 1. The molecule has 0 spiro atoms. The SMILES string of the molecule is Cc1nc([C@](C)(NC(=O)CCNC(=O)OC(C)(C)C)C2CC2)no1. The van der Waals surface area contributed by atoms with Crippen LogP contribution in [0.2, 0.25) is 0 Å². The van der Waals surface area contributed by atoms with Gasteiger partial charge < -0.3 is 19.9 Å². The summed E-state index contributed by atoms with van der Waals surface area (Å²) in [7, 11) is 0. The van der Waals surface area contributed by atoms with E-state index >= 15 is 0 Å². The second kappa shape index (κ2) is 6.78. The highest BCUT2D eigenvalue weighted by atomic mass is 16.6. The lowest BCUT2D eigenvalue weighted by atomic mass is 9.94. The van der Waals surface area contributed by atoms with Gasteiger partial charge in [-0.3, -0.25) is 4.79 Å². The Balaban J connectivity index is 1.85. The molecule has 8 heteroatoms. The zero-order chi connectivity index (χ0) is 18.0. The van der Waals surface area contributed by atoms with E-state index in [1.54, 1.807) is 27.7 Å². The largest absolute Gasteiger partial charge is 0.444 e. The molecule has 2 amide bonds. The third kappa shape index (κ3) is 4.94. The van der Waals surface area contributed by atoms with Crippen LogP contribution in [0.5, 0.6) is 0 Å². The summed E-state index contributed by atoms with van der Waals surface area (Å²) in [4.78, 5) is 28.1. The highest BCUT2D eigenvalue weighted by Gasteiger charge is 2.47. The minimum absolute atomic E-state index is 0.151. The van der Waals surface area contributed by atoms with Crippen molar-refractivity contribution in [2.45, 2.75) is 65.0 Å². The van der Waals surface area contributed by atoms with Crippen LogP contribution < -0.4 is 10.6 Å². The van der Waals surface area contributed by atoms with E-state index in [1.807, 2.05) is 6.92 Å². The summed E-state index contributed by atoms with van der Waals surface area (Å²) in [5.74, 6) is 1.09. The zero-order valence-electron chi connectivity index (χ0n) is 14.9. The number of aromatic nitrogens is 2. The summed E-state index contributed by atoms with van der Waals surface area (Å²) >= 11 is 0. The first-order chi connectivity index (χ1) is 11.1. The molecule has 1 fully saturated rings. The van der Waals surface area contributed by atoms with Crippen LogP contribution in [-0.2, 0) is 15.1 Å². The van der Waals surface area contributed by atoms with Gasteiger partial charge in [-0.05, 0) is 46.5 Å². The Hall–Kier alpha value is -2.12. The van der Waals surface area contributed by atoms with Gasteiger partial charge >= 0.3 is 6.09 Å². The Labute approximate surface area is 141 Å². The lowest BCUT2D eigenvalue weighted by molar-refractivity contribution is -0.123. The fraction of sp³-hybridized carbons (Fsp3) is 0.750. The predicted octanol–water partition coefficient (Wildman–Crippen LogP) is 2.03. The number of nitrogens with one attached hydrogen (secondary N) is 2. The van der Waals surface area contributed by atoms with Crippen LogP contribution in [0.3, 0.4) is 0 Å². The molecule has 1 atom stereocenters. The van der Waals surface area contributed by atoms with Gasteiger partial charge in [-0.25, -0.2) is 4.79 Å². The molecule has 2 N–H and O–H groups in total. The second-order valence-electron chi connectivity index (χ2n) is 7.34. The number of alkyl carbamates (subject to hydrolysis) is 1. The van der Waals surface area contributed by atoms with E-state index in [4.69, 9.17) is 9.26 Å². The number of nitrogens with zero attached hydrogens (tertiary/aromatic N) is 2. The lowest BCUT2D eigenvalue weighted by Gasteiger charge is -2.27. The lowest BCUT2D eigenvalue weighted by Crippen LogP contribution is -2.47. The summed E-state index contributed by atoms with van der Waals surface area (Å²) in [5.41, 5.74) is -1.20. The minimum Gasteiger partial charge on any atom is -0.444 e. The zero-order valence-corrected chi connectivity index (χ0v) is 14.9. The van der Waals surface area contributed by atoms with Crippen LogP contribution in [0.25, 0.3) is 0 Å². The van der Waals surface area contributed by atoms with Crippen molar-refractivity contribution in [1.82, 2.24) is 20.8 Å². The van der Waals surface area contributed by atoms with E-state index in [9.17, 15) is 9.59 Å². The fourth-order valence-electron chi connectivity index (χ4n) is 2.46. The van der Waals surface area contributed by atoms with Crippen LogP contribution in [0.15, 0.2) is 4.52 Å². The Morgan fingerprint density at radius 1 is 1.29 bits per heavy atom. The van der Waals surface area contributed by atoms with E-state index in [0.29, 0.717) is 17.6 Å². The maximum Gasteiger partial charge on any atom is 0.407 e. The molecule has 2 rings (SSSR count). The van der Waals surface area contributed by atoms with Gasteiger partial charge in [0.2, 0.25) is 11.8 Å². The average molecular weight is 338 g/mol. The van der Waals surface area contributed by atoms with Crippen molar-refractivity contribution in [3.05, 3.63) is 11.7 Å². The highest BCUT2D eigenvalue weighted by Crippen LogP contribution is 2.44. The van der Waals surface area contributed by atoms with Gasteiger partial charge in [0.25, 0.3) is 0 Å². The van der Waals surface area contributed by atoms with Crippen LogP contribution >= 0.6 is 0 Å². The molecule has 1 aromatic heterocycles. The van der Waals surface area contributed by atoms with Crippen molar-refractivity contribution in [3.8, 4) is 0 Å². The molecule has 0 bridgehead atoms. The number of rotatable bonds is 6. The number of carbonyl (C=O) groups is 2. The first kappa shape index (κ1) is 18.2. The minimum atomic E-state index is -0.638. The average Bonchev–Trinajstić information content (AvgIpc) is 3.19. The first-order valence-corrected chi connectivity index (χ1v) is 8.19. The molecule has 0 unspecified atom stereocenters. The van der Waals surface area contributed by atoms with E-state index in [-0.39, 0.29) is 18.9 Å². The van der Waals surface area contributed by atoms with Gasteiger partial charge in [0.05, 0.1) is 0 Å². The van der Waals surface area contributed by atoms with E-state index in [2.05, 4.69) is 20.8 Å². The third-order valence-corrected chi connectivity index (χ3v) is 3.81. The molecule has 24 heavy (non-hydrogen) atoms. The third-order valence-electron chi connectivity index (χ3n) is 3.81. The standard InChI is InChI=1S/C16H26N4O4/c1-10-18-13(20-24-10)16(5,11-6-7-11)19-12(21)8-9-17-14(22)23-15(2,3)4/h11H,6-9H2,1-5H3,(H,17,22)(H,19,21)/t16-/m1/s1. The first-order valence-electron chi connectivity index (χ1n) is 8.19. The van der Waals surface area contributed by atoms with Gasteiger partial charge in [-0.15, -0.1) is 0 Å². The number of ether oxygens (including phenoxy) is 1. The molecular formula is C16H26N4O4. The quantitative estimate of drug-likeness (QED) is 0.822. The number of hydrogen-bond donors (Lipinski definition) is 2. The monoisotopic (exact) mass is 338 g/mol. The summed E-state index contributed by atoms with van der Waals surface area (Å²) < 4.78 is 10.2. The van der Waals surface area contributed by atoms with Crippen molar-refractivity contribution in [2.75, 3.05) is 6.54 Å². The molecular weight excluding hydrogens is 312 g/mol. The summed E-state index contributed by atoms with van der Waals surface area (Å²) in [6.45, 7) is 9.19. The van der Waals surface area contributed by atoms with Crippen LogP contribution in [0.1, 0.15) is 58.7 Å².